The fourth-order valence-electron chi connectivity index (χ4n) is 2.60. The second kappa shape index (κ2) is 35.1. The van der Waals surface area contributed by atoms with Gasteiger partial charge in [-0.2, -0.15) is 0 Å². The highest BCUT2D eigenvalue weighted by atomic mass is 16.6. The number of hydrogen-bond donors (Lipinski definition) is 0. The summed E-state index contributed by atoms with van der Waals surface area (Å²) in [7, 11) is 1.35. The Morgan fingerprint density at radius 2 is 0.564 bits per heavy atom. The molecule has 0 bridgehead atoms. The van der Waals surface area contributed by atoms with E-state index in [2.05, 4.69) is 4.74 Å². The monoisotopic (exact) mass is 572 g/mol. The maximum absolute atomic E-state index is 10.9. The van der Waals surface area contributed by atoms with Crippen molar-refractivity contribution in [2.24, 2.45) is 0 Å². The second-order valence-corrected chi connectivity index (χ2v) is 7.65. The summed E-state index contributed by atoms with van der Waals surface area (Å²) in [4.78, 5) is 10.9. The number of esters is 1. The first-order valence-electron chi connectivity index (χ1n) is 13.7. The molecule has 39 heavy (non-hydrogen) atoms. The predicted octanol–water partition coefficient (Wildman–Crippen LogP) is 0.752. The zero-order chi connectivity index (χ0) is 28.3. The number of hydrogen-bond acceptors (Lipinski definition) is 13. The smallest absolute Gasteiger partial charge is 0.307 e. The molecule has 0 amide bonds. The number of carbonyl (C=O) groups excluding carboxylic acids is 1. The van der Waals surface area contributed by atoms with Gasteiger partial charge in [0.05, 0.1) is 152 Å². The van der Waals surface area contributed by atoms with Crippen molar-refractivity contribution in [1.82, 2.24) is 0 Å². The molecule has 0 spiro atoms. The Morgan fingerprint density at radius 3 is 0.769 bits per heavy atom. The van der Waals surface area contributed by atoms with Crippen LogP contribution in [-0.4, -0.2) is 158 Å². The minimum absolute atomic E-state index is 0.247. The van der Waals surface area contributed by atoms with Crippen molar-refractivity contribution in [3.63, 3.8) is 0 Å². The minimum atomic E-state index is -0.284. The molecule has 0 rings (SSSR count). The van der Waals surface area contributed by atoms with Crippen LogP contribution >= 0.6 is 0 Å². The Labute approximate surface area is 233 Å². The molecular formula is C26H52O13. The van der Waals surface area contributed by atoms with Crippen molar-refractivity contribution in [1.29, 1.82) is 0 Å². The number of rotatable bonds is 34. The van der Waals surface area contributed by atoms with E-state index in [0.29, 0.717) is 145 Å². The summed E-state index contributed by atoms with van der Waals surface area (Å²) in [6.07, 6.45) is 0.247. The molecule has 0 fully saturated rings. The molecule has 13 nitrogen and oxygen atoms in total. The summed E-state index contributed by atoms with van der Waals surface area (Å²) in [6, 6.07) is 0. The average Bonchev–Trinajstić information content (AvgIpc) is 2.95. The standard InChI is InChI=1S/C26H52O13/c1-3-29-6-7-31-10-11-33-14-15-35-18-19-37-22-23-39-25-24-38-21-20-36-17-16-34-13-12-32-9-8-30-5-4-26(27)28-2/h3-25H2,1-2H3. The summed E-state index contributed by atoms with van der Waals surface area (Å²) >= 11 is 0. The summed E-state index contributed by atoms with van der Waals surface area (Å²) in [5, 5.41) is 0. The van der Waals surface area contributed by atoms with Crippen LogP contribution in [0.3, 0.4) is 0 Å². The molecule has 234 valence electrons. The highest BCUT2D eigenvalue weighted by molar-refractivity contribution is 5.69. The van der Waals surface area contributed by atoms with Crippen molar-refractivity contribution < 1.29 is 61.6 Å². The van der Waals surface area contributed by atoms with Gasteiger partial charge >= 0.3 is 5.97 Å². The Morgan fingerprint density at radius 1 is 0.359 bits per heavy atom. The van der Waals surface area contributed by atoms with E-state index in [0.717, 1.165) is 0 Å². The lowest BCUT2D eigenvalue weighted by Crippen LogP contribution is -2.15. The van der Waals surface area contributed by atoms with Crippen molar-refractivity contribution in [2.45, 2.75) is 13.3 Å². The van der Waals surface area contributed by atoms with Gasteiger partial charge in [-0.25, -0.2) is 0 Å². The summed E-state index contributed by atoms with van der Waals surface area (Å²) in [6.45, 7) is 13.3. The van der Waals surface area contributed by atoms with Crippen molar-refractivity contribution >= 4 is 5.97 Å². The zero-order valence-corrected chi connectivity index (χ0v) is 24.1. The molecule has 0 aliphatic rings. The molecule has 0 saturated heterocycles. The van der Waals surface area contributed by atoms with Crippen molar-refractivity contribution in [3.8, 4) is 0 Å². The van der Waals surface area contributed by atoms with Gasteiger partial charge in [0.25, 0.3) is 0 Å². The molecule has 0 atom stereocenters. The molecule has 0 aromatic rings. The number of ether oxygens (including phenoxy) is 12. The largest absolute Gasteiger partial charge is 0.469 e. The molecule has 0 aromatic heterocycles. The normalized spacial score (nSPS) is 11.3. The predicted molar refractivity (Wildman–Crippen MR) is 141 cm³/mol. The first-order valence-corrected chi connectivity index (χ1v) is 13.7. The van der Waals surface area contributed by atoms with E-state index in [4.69, 9.17) is 52.1 Å². The lowest BCUT2D eigenvalue weighted by molar-refractivity contribution is -0.141. The average molecular weight is 573 g/mol. The van der Waals surface area contributed by atoms with E-state index in [1.54, 1.807) is 0 Å². The van der Waals surface area contributed by atoms with E-state index in [9.17, 15) is 4.79 Å². The van der Waals surface area contributed by atoms with E-state index < -0.39 is 0 Å². The maximum Gasteiger partial charge on any atom is 0.307 e. The summed E-state index contributed by atoms with van der Waals surface area (Å²) < 4.78 is 63.7. The second-order valence-electron chi connectivity index (χ2n) is 7.65. The topological polar surface area (TPSA) is 128 Å². The van der Waals surface area contributed by atoms with Crippen LogP contribution < -0.4 is 0 Å². The van der Waals surface area contributed by atoms with Gasteiger partial charge in [0, 0.05) is 6.61 Å². The third-order valence-electron chi connectivity index (χ3n) is 4.60. The number of carbonyl (C=O) groups is 1. The zero-order valence-electron chi connectivity index (χ0n) is 24.1. The maximum atomic E-state index is 10.9. The molecule has 0 unspecified atom stereocenters. The highest BCUT2D eigenvalue weighted by Crippen LogP contribution is 1.88. The van der Waals surface area contributed by atoms with Gasteiger partial charge in [-0.3, -0.25) is 4.79 Å². The molecule has 0 aliphatic heterocycles. The van der Waals surface area contributed by atoms with Gasteiger partial charge in [-0.15, -0.1) is 0 Å². The SMILES string of the molecule is CCOCCOCCOCCOCCOCCOCCOCCOCCOCCOCCOCCC(=O)OC. The third kappa shape index (κ3) is 35.0. The lowest BCUT2D eigenvalue weighted by atomic mass is 10.5. The van der Waals surface area contributed by atoms with Crippen LogP contribution in [0.25, 0.3) is 0 Å². The van der Waals surface area contributed by atoms with Gasteiger partial charge in [0.2, 0.25) is 0 Å². The Bertz CT molecular complexity index is 471. The molecule has 0 saturated carbocycles. The van der Waals surface area contributed by atoms with Crippen molar-refractivity contribution in [3.05, 3.63) is 0 Å². The van der Waals surface area contributed by atoms with Crippen LogP contribution in [0.15, 0.2) is 0 Å². The summed E-state index contributed by atoms with van der Waals surface area (Å²) in [5.74, 6) is -0.284. The van der Waals surface area contributed by atoms with Crippen LogP contribution in [0, 0.1) is 0 Å². The van der Waals surface area contributed by atoms with Gasteiger partial charge < -0.3 is 56.8 Å². The molecule has 13 heteroatoms. The van der Waals surface area contributed by atoms with E-state index in [-0.39, 0.29) is 12.4 Å². The Kier molecular flexibility index (Phi) is 34.2. The molecule has 0 radical (unpaired) electrons. The van der Waals surface area contributed by atoms with Gasteiger partial charge in [-0.1, -0.05) is 0 Å². The van der Waals surface area contributed by atoms with Crippen LogP contribution in [0.5, 0.6) is 0 Å². The molecule has 0 heterocycles. The summed E-state index contributed by atoms with van der Waals surface area (Å²) in [5.41, 5.74) is 0. The Balaban J connectivity index is 3.03. The third-order valence-corrected chi connectivity index (χ3v) is 4.60. The van der Waals surface area contributed by atoms with Crippen molar-refractivity contribution in [2.75, 3.05) is 152 Å². The fourth-order valence-corrected chi connectivity index (χ4v) is 2.60. The first-order chi connectivity index (χ1) is 19.3. The number of methoxy groups -OCH3 is 1. The van der Waals surface area contributed by atoms with Crippen LogP contribution in [0.4, 0.5) is 0 Å². The van der Waals surface area contributed by atoms with Crippen LogP contribution in [0.1, 0.15) is 13.3 Å². The molecule has 0 aromatic carbocycles. The lowest BCUT2D eigenvalue weighted by Gasteiger charge is -2.09. The molecule has 0 aliphatic carbocycles. The highest BCUT2D eigenvalue weighted by Gasteiger charge is 1.99. The fraction of sp³-hybridized carbons (Fsp3) is 0.962. The van der Waals surface area contributed by atoms with E-state index in [1.807, 2.05) is 6.92 Å². The van der Waals surface area contributed by atoms with Gasteiger partial charge in [-0.05, 0) is 6.92 Å². The quantitative estimate of drug-likeness (QED) is 0.0795. The van der Waals surface area contributed by atoms with Gasteiger partial charge in [0.15, 0.2) is 0 Å². The van der Waals surface area contributed by atoms with E-state index in [1.165, 1.54) is 7.11 Å². The molecule has 0 N–H and O–H groups in total. The van der Waals surface area contributed by atoms with Crippen LogP contribution in [0.2, 0.25) is 0 Å². The van der Waals surface area contributed by atoms with Gasteiger partial charge in [0.1, 0.15) is 0 Å². The Hall–Kier alpha value is -0.970. The van der Waals surface area contributed by atoms with E-state index >= 15 is 0 Å². The van der Waals surface area contributed by atoms with Crippen LogP contribution in [-0.2, 0) is 61.6 Å². The molecular weight excluding hydrogens is 520 g/mol. The minimum Gasteiger partial charge on any atom is -0.469 e. The first kappa shape index (κ1) is 38.0.